The molecule has 7 heteroatoms. The highest BCUT2D eigenvalue weighted by atomic mass is 16.2. The lowest BCUT2D eigenvalue weighted by molar-refractivity contribution is 0.111. The second-order valence-corrected chi connectivity index (χ2v) is 5.82. The zero-order chi connectivity index (χ0) is 18.4. The molecule has 2 heterocycles. The van der Waals surface area contributed by atoms with Crippen LogP contribution in [0.2, 0.25) is 0 Å². The Morgan fingerprint density at radius 2 is 1.12 bits per heavy atom. The van der Waals surface area contributed by atoms with Gasteiger partial charge in [-0.25, -0.2) is 4.79 Å². The maximum absolute atomic E-state index is 13.4. The lowest BCUT2D eigenvalue weighted by Gasteiger charge is -2.10. The van der Waals surface area contributed by atoms with Crippen LogP contribution in [0.1, 0.15) is 21.0 Å². The average molecular weight is 346 g/mol. The molecule has 0 saturated carbocycles. The average Bonchev–Trinajstić information content (AvgIpc) is 3.13. The van der Waals surface area contributed by atoms with Crippen molar-refractivity contribution in [3.8, 4) is 0 Å². The van der Waals surface area contributed by atoms with Crippen LogP contribution in [0.4, 0.5) is 16.2 Å². The topological polar surface area (TPSA) is 113 Å². The molecule has 2 aromatic heterocycles. The minimum Gasteiger partial charge on any atom is -0.396 e. The number of nitrogens with two attached hydrogens (primary N) is 2. The minimum atomic E-state index is -0.602. The van der Waals surface area contributed by atoms with Crippen molar-refractivity contribution < 1.29 is 14.4 Å². The van der Waals surface area contributed by atoms with E-state index in [1.807, 2.05) is 0 Å². The molecule has 0 saturated heterocycles. The van der Waals surface area contributed by atoms with E-state index in [9.17, 15) is 14.4 Å². The molecule has 0 unspecified atom stereocenters. The van der Waals surface area contributed by atoms with Crippen molar-refractivity contribution in [3.05, 3.63) is 59.9 Å². The molecule has 7 nitrogen and oxygen atoms in total. The second kappa shape index (κ2) is 5.59. The first-order valence-corrected chi connectivity index (χ1v) is 7.83. The SMILES string of the molecule is Nc1c(C=O)n(C(=O)n2c(C=O)c(N)c3ccccc32)c2ccccc12. The van der Waals surface area contributed by atoms with E-state index in [1.165, 1.54) is 9.13 Å². The molecule has 4 N–H and O–H groups in total. The fraction of sp³-hybridized carbons (Fsp3) is 0. The molecule has 0 aliphatic heterocycles. The van der Waals surface area contributed by atoms with Gasteiger partial charge >= 0.3 is 6.03 Å². The van der Waals surface area contributed by atoms with Crippen molar-refractivity contribution in [1.29, 1.82) is 0 Å². The second-order valence-electron chi connectivity index (χ2n) is 5.82. The summed E-state index contributed by atoms with van der Waals surface area (Å²) in [5.74, 6) is 0. The summed E-state index contributed by atoms with van der Waals surface area (Å²) in [5, 5.41) is 1.17. The molecule has 0 bridgehead atoms. The smallest absolute Gasteiger partial charge is 0.338 e. The Morgan fingerprint density at radius 1 is 0.731 bits per heavy atom. The van der Waals surface area contributed by atoms with Crippen molar-refractivity contribution in [2.24, 2.45) is 0 Å². The van der Waals surface area contributed by atoms with Gasteiger partial charge < -0.3 is 11.5 Å². The Morgan fingerprint density at radius 3 is 1.50 bits per heavy atom. The monoisotopic (exact) mass is 346 g/mol. The molecule has 26 heavy (non-hydrogen) atoms. The third-order valence-corrected chi connectivity index (χ3v) is 4.51. The van der Waals surface area contributed by atoms with E-state index >= 15 is 0 Å². The molecule has 0 radical (unpaired) electrons. The van der Waals surface area contributed by atoms with Gasteiger partial charge in [0.1, 0.15) is 11.4 Å². The van der Waals surface area contributed by atoms with Crippen molar-refractivity contribution in [2.75, 3.05) is 11.5 Å². The van der Waals surface area contributed by atoms with Crippen LogP contribution in [0.3, 0.4) is 0 Å². The number of hydrogen-bond acceptors (Lipinski definition) is 5. The van der Waals surface area contributed by atoms with E-state index in [1.54, 1.807) is 48.5 Å². The lowest BCUT2D eigenvalue weighted by atomic mass is 10.2. The summed E-state index contributed by atoms with van der Waals surface area (Å²) >= 11 is 0. The van der Waals surface area contributed by atoms with Gasteiger partial charge in [0.15, 0.2) is 12.6 Å². The molecule has 0 fully saturated rings. The van der Waals surface area contributed by atoms with Crippen LogP contribution in [0.15, 0.2) is 48.5 Å². The Labute approximate surface area is 147 Å². The van der Waals surface area contributed by atoms with Crippen LogP contribution in [-0.4, -0.2) is 27.7 Å². The number of benzene rings is 2. The summed E-state index contributed by atoms with van der Waals surface area (Å²) in [6, 6.07) is 13.2. The molecule has 0 spiro atoms. The van der Waals surface area contributed by atoms with Gasteiger partial charge in [0.25, 0.3) is 0 Å². The van der Waals surface area contributed by atoms with Gasteiger partial charge in [0.2, 0.25) is 0 Å². The van der Waals surface area contributed by atoms with Crippen molar-refractivity contribution in [1.82, 2.24) is 9.13 Å². The quantitative estimate of drug-likeness (QED) is 0.542. The number of carbonyl (C=O) groups is 3. The number of fused-ring (bicyclic) bond motifs is 2. The molecule has 128 valence electrons. The molecule has 2 aromatic carbocycles. The van der Waals surface area contributed by atoms with Crippen LogP contribution in [0.5, 0.6) is 0 Å². The fourth-order valence-electron chi connectivity index (χ4n) is 3.31. The molecule has 0 aliphatic rings. The maximum atomic E-state index is 13.4. The van der Waals surface area contributed by atoms with Gasteiger partial charge in [-0.05, 0) is 12.1 Å². The number of para-hydroxylation sites is 2. The molecular formula is C19H14N4O3. The lowest BCUT2D eigenvalue weighted by Crippen LogP contribution is -2.23. The Kier molecular flexibility index (Phi) is 3.37. The third-order valence-electron chi connectivity index (χ3n) is 4.51. The number of nitrogens with zero attached hydrogens (tertiary/aromatic N) is 2. The van der Waals surface area contributed by atoms with Crippen LogP contribution < -0.4 is 11.5 Å². The normalized spacial score (nSPS) is 11.1. The van der Waals surface area contributed by atoms with E-state index in [-0.39, 0.29) is 22.8 Å². The van der Waals surface area contributed by atoms with Gasteiger partial charge in [-0.1, -0.05) is 36.4 Å². The van der Waals surface area contributed by atoms with E-state index in [0.29, 0.717) is 34.4 Å². The van der Waals surface area contributed by atoms with Crippen LogP contribution in [0.25, 0.3) is 21.8 Å². The fourth-order valence-corrected chi connectivity index (χ4v) is 3.31. The van der Waals surface area contributed by atoms with Crippen molar-refractivity contribution in [2.45, 2.75) is 0 Å². The highest BCUT2D eigenvalue weighted by Gasteiger charge is 2.25. The van der Waals surface area contributed by atoms with Gasteiger partial charge in [-0.15, -0.1) is 0 Å². The number of nitrogen functional groups attached to an aromatic ring is 2. The van der Waals surface area contributed by atoms with Gasteiger partial charge in [-0.3, -0.25) is 18.7 Å². The summed E-state index contributed by atoms with van der Waals surface area (Å²) in [4.78, 5) is 36.6. The van der Waals surface area contributed by atoms with Crippen molar-refractivity contribution >= 4 is 51.8 Å². The molecule has 0 aliphatic carbocycles. The number of aldehydes is 2. The molecule has 4 rings (SSSR count). The maximum Gasteiger partial charge on any atom is 0.338 e. The number of aromatic nitrogens is 2. The summed E-state index contributed by atoms with van der Waals surface area (Å²) in [7, 11) is 0. The summed E-state index contributed by atoms with van der Waals surface area (Å²) < 4.78 is 2.41. The molecular weight excluding hydrogens is 332 g/mol. The summed E-state index contributed by atoms with van der Waals surface area (Å²) in [6.45, 7) is 0. The van der Waals surface area contributed by atoms with E-state index in [4.69, 9.17) is 11.5 Å². The zero-order valence-corrected chi connectivity index (χ0v) is 13.5. The first kappa shape index (κ1) is 15.6. The molecule has 0 atom stereocenters. The Hall–Kier alpha value is -3.87. The van der Waals surface area contributed by atoms with Crippen molar-refractivity contribution in [3.63, 3.8) is 0 Å². The summed E-state index contributed by atoms with van der Waals surface area (Å²) in [5.41, 5.74) is 13.5. The zero-order valence-electron chi connectivity index (χ0n) is 13.5. The van der Waals surface area contributed by atoms with Gasteiger partial charge in [0, 0.05) is 10.8 Å². The number of hydrogen-bond donors (Lipinski definition) is 2. The van der Waals surface area contributed by atoms with E-state index in [0.717, 1.165) is 0 Å². The third kappa shape index (κ3) is 1.91. The first-order chi connectivity index (χ1) is 12.6. The number of carbonyl (C=O) groups excluding carboxylic acids is 3. The number of rotatable bonds is 2. The Balaban J connectivity index is 2.10. The van der Waals surface area contributed by atoms with Crippen LogP contribution in [-0.2, 0) is 0 Å². The highest BCUT2D eigenvalue weighted by molar-refractivity contribution is 6.12. The van der Waals surface area contributed by atoms with Gasteiger partial charge in [0.05, 0.1) is 22.4 Å². The van der Waals surface area contributed by atoms with Crippen LogP contribution in [0, 0.1) is 0 Å². The molecule has 0 amide bonds. The van der Waals surface area contributed by atoms with E-state index < -0.39 is 6.03 Å². The van der Waals surface area contributed by atoms with Gasteiger partial charge in [-0.2, -0.15) is 0 Å². The highest BCUT2D eigenvalue weighted by Crippen LogP contribution is 2.31. The predicted octanol–water partition coefficient (Wildman–Crippen LogP) is 2.90. The number of anilines is 2. The Bertz CT molecular complexity index is 1120. The largest absolute Gasteiger partial charge is 0.396 e. The van der Waals surface area contributed by atoms with Crippen LogP contribution >= 0.6 is 0 Å². The standard InChI is InChI=1S/C19H14N4O3/c20-17-11-5-1-3-7-13(11)22(15(17)9-24)19(26)23-14-8-4-2-6-12(14)18(21)16(23)10-25/h1-10H,20-21H2. The molecule has 4 aromatic rings. The summed E-state index contributed by atoms with van der Waals surface area (Å²) in [6.07, 6.45) is 1.06. The first-order valence-electron chi connectivity index (χ1n) is 7.83. The van der Waals surface area contributed by atoms with E-state index in [2.05, 4.69) is 0 Å². The predicted molar refractivity (Wildman–Crippen MR) is 99.7 cm³/mol. The minimum absolute atomic E-state index is 0.0319.